The number of aromatic nitrogens is 1. The standard InChI is InChI=1S/C18H15N3O4S/c1-11-3-5-13(14(9-11)21(23)24)15-6-4-12(25-15)10-16-17(22)20-8-2-7-19-18(20)26-16/h3-6,9-10H,2,7-8H2,1H3. The molecule has 3 aromatic rings. The number of hydrogen-bond donors (Lipinski definition) is 0. The Morgan fingerprint density at radius 3 is 2.96 bits per heavy atom. The fraction of sp³-hybridized carbons (Fsp3) is 0.222. The Hall–Kier alpha value is -3.00. The van der Waals surface area contributed by atoms with Gasteiger partial charge in [-0.1, -0.05) is 17.4 Å². The predicted octanol–water partition coefficient (Wildman–Crippen LogP) is 2.24. The number of nitrogens with zero attached hydrogens (tertiary/aromatic N) is 3. The van der Waals surface area contributed by atoms with Crippen LogP contribution in [0.4, 0.5) is 5.69 Å². The van der Waals surface area contributed by atoms with Crippen LogP contribution in [0.5, 0.6) is 0 Å². The van der Waals surface area contributed by atoms with E-state index in [0.29, 0.717) is 28.2 Å². The Labute approximate surface area is 151 Å². The van der Waals surface area contributed by atoms with Crippen molar-refractivity contribution in [1.29, 1.82) is 0 Å². The average Bonchev–Trinajstić information content (AvgIpc) is 3.21. The van der Waals surface area contributed by atoms with Crippen LogP contribution in [0, 0.1) is 17.0 Å². The molecular weight excluding hydrogens is 354 g/mol. The molecule has 132 valence electrons. The first kappa shape index (κ1) is 16.5. The zero-order chi connectivity index (χ0) is 18.3. The summed E-state index contributed by atoms with van der Waals surface area (Å²) in [4.78, 5) is 28.4. The molecule has 0 amide bonds. The molecule has 0 saturated heterocycles. The first-order valence-corrected chi connectivity index (χ1v) is 8.96. The fourth-order valence-electron chi connectivity index (χ4n) is 2.93. The summed E-state index contributed by atoms with van der Waals surface area (Å²) in [6.07, 6.45) is 2.53. The third-order valence-electron chi connectivity index (χ3n) is 4.19. The molecule has 26 heavy (non-hydrogen) atoms. The fourth-order valence-corrected chi connectivity index (χ4v) is 3.94. The number of nitro groups is 1. The van der Waals surface area contributed by atoms with Crippen LogP contribution in [0.2, 0.25) is 0 Å². The van der Waals surface area contributed by atoms with Gasteiger partial charge in [0.2, 0.25) is 0 Å². The van der Waals surface area contributed by atoms with E-state index in [1.54, 1.807) is 41.8 Å². The van der Waals surface area contributed by atoms with Gasteiger partial charge in [0.1, 0.15) is 11.5 Å². The van der Waals surface area contributed by atoms with Crippen molar-refractivity contribution in [3.8, 4) is 11.3 Å². The lowest BCUT2D eigenvalue weighted by atomic mass is 10.1. The summed E-state index contributed by atoms with van der Waals surface area (Å²) in [5.41, 5.74) is 1.14. The number of hydrogen-bond acceptors (Lipinski definition) is 6. The topological polar surface area (TPSA) is 90.6 Å². The van der Waals surface area contributed by atoms with E-state index in [2.05, 4.69) is 4.99 Å². The van der Waals surface area contributed by atoms with Gasteiger partial charge < -0.3 is 4.42 Å². The number of thiazole rings is 1. The van der Waals surface area contributed by atoms with Crippen molar-refractivity contribution in [2.24, 2.45) is 4.99 Å². The molecule has 0 atom stereocenters. The molecule has 0 unspecified atom stereocenters. The van der Waals surface area contributed by atoms with E-state index in [1.165, 1.54) is 17.4 Å². The van der Waals surface area contributed by atoms with E-state index >= 15 is 0 Å². The largest absolute Gasteiger partial charge is 0.456 e. The molecule has 0 aliphatic carbocycles. The second-order valence-electron chi connectivity index (χ2n) is 6.07. The Bertz CT molecular complexity index is 1190. The molecule has 0 radical (unpaired) electrons. The average molecular weight is 369 g/mol. The van der Waals surface area contributed by atoms with Gasteiger partial charge in [0.15, 0.2) is 4.80 Å². The number of furan rings is 1. The molecule has 1 aliphatic rings. The lowest BCUT2D eigenvalue weighted by molar-refractivity contribution is -0.384. The smallest absolute Gasteiger partial charge is 0.280 e. The maximum atomic E-state index is 12.4. The van der Waals surface area contributed by atoms with Crippen molar-refractivity contribution in [2.45, 2.75) is 19.9 Å². The highest BCUT2D eigenvalue weighted by atomic mass is 32.1. The monoisotopic (exact) mass is 369 g/mol. The first-order chi connectivity index (χ1) is 12.5. The van der Waals surface area contributed by atoms with Gasteiger partial charge in [-0.25, -0.2) is 0 Å². The Morgan fingerprint density at radius 2 is 2.19 bits per heavy atom. The Balaban J connectivity index is 1.78. The van der Waals surface area contributed by atoms with Gasteiger partial charge in [-0.15, -0.1) is 0 Å². The number of nitro benzene ring substituents is 1. The van der Waals surface area contributed by atoms with Gasteiger partial charge in [0.05, 0.1) is 15.0 Å². The molecule has 0 bridgehead atoms. The molecule has 0 spiro atoms. The Morgan fingerprint density at radius 1 is 1.35 bits per heavy atom. The lowest BCUT2D eigenvalue weighted by Gasteiger charge is -2.03. The molecule has 4 rings (SSSR count). The third kappa shape index (κ3) is 2.88. The third-order valence-corrected chi connectivity index (χ3v) is 5.23. The van der Waals surface area contributed by atoms with Crippen molar-refractivity contribution >= 4 is 23.1 Å². The van der Waals surface area contributed by atoms with Crippen LogP contribution >= 0.6 is 11.3 Å². The minimum atomic E-state index is -0.421. The van der Waals surface area contributed by atoms with Gasteiger partial charge in [-0.3, -0.25) is 24.5 Å². The molecule has 1 aliphatic heterocycles. The number of fused-ring (bicyclic) bond motifs is 1. The van der Waals surface area contributed by atoms with Crippen molar-refractivity contribution in [1.82, 2.24) is 4.57 Å². The molecule has 2 aromatic heterocycles. The van der Waals surface area contributed by atoms with E-state index in [0.717, 1.165) is 23.3 Å². The summed E-state index contributed by atoms with van der Waals surface area (Å²) >= 11 is 1.33. The predicted molar refractivity (Wildman–Crippen MR) is 97.9 cm³/mol. The maximum Gasteiger partial charge on any atom is 0.280 e. The van der Waals surface area contributed by atoms with Crippen molar-refractivity contribution in [3.05, 3.63) is 71.5 Å². The summed E-state index contributed by atoms with van der Waals surface area (Å²) in [6.45, 7) is 3.22. The van der Waals surface area contributed by atoms with E-state index in [-0.39, 0.29) is 11.2 Å². The number of benzene rings is 1. The van der Waals surface area contributed by atoms with E-state index < -0.39 is 4.92 Å². The van der Waals surface area contributed by atoms with Gasteiger partial charge in [-0.2, -0.15) is 0 Å². The van der Waals surface area contributed by atoms with Crippen LogP contribution in [0.25, 0.3) is 17.4 Å². The molecule has 3 heterocycles. The minimum Gasteiger partial charge on any atom is -0.456 e. The highest BCUT2D eigenvalue weighted by Crippen LogP contribution is 2.32. The van der Waals surface area contributed by atoms with E-state index in [1.807, 2.05) is 0 Å². The molecule has 0 saturated carbocycles. The number of aryl methyl sites for hydroxylation is 1. The minimum absolute atomic E-state index is 0.00337. The number of rotatable bonds is 3. The van der Waals surface area contributed by atoms with Crippen molar-refractivity contribution < 1.29 is 9.34 Å². The first-order valence-electron chi connectivity index (χ1n) is 8.14. The highest BCUT2D eigenvalue weighted by molar-refractivity contribution is 7.07. The summed E-state index contributed by atoms with van der Waals surface area (Å²) in [6, 6.07) is 8.38. The van der Waals surface area contributed by atoms with E-state index in [4.69, 9.17) is 4.42 Å². The van der Waals surface area contributed by atoms with Crippen molar-refractivity contribution in [2.75, 3.05) is 6.54 Å². The van der Waals surface area contributed by atoms with E-state index in [9.17, 15) is 14.9 Å². The quantitative estimate of drug-likeness (QED) is 0.523. The van der Waals surface area contributed by atoms with Gasteiger partial charge in [-0.05, 0) is 37.1 Å². The maximum absolute atomic E-state index is 12.4. The Kier molecular flexibility index (Phi) is 4.04. The summed E-state index contributed by atoms with van der Waals surface area (Å²) in [7, 11) is 0. The van der Waals surface area contributed by atoms with Gasteiger partial charge in [0, 0.05) is 25.2 Å². The van der Waals surface area contributed by atoms with Crippen LogP contribution in [-0.4, -0.2) is 16.0 Å². The van der Waals surface area contributed by atoms with Crippen molar-refractivity contribution in [3.63, 3.8) is 0 Å². The summed E-state index contributed by atoms with van der Waals surface area (Å²) < 4.78 is 7.98. The summed E-state index contributed by atoms with van der Waals surface area (Å²) in [5.74, 6) is 0.875. The SMILES string of the molecule is Cc1ccc(-c2ccc(C=c3sc4n(c3=O)CCCN=4)o2)c([N+](=O)[O-])c1. The highest BCUT2D eigenvalue weighted by Gasteiger charge is 2.18. The van der Waals surface area contributed by atoms with Gasteiger partial charge >= 0.3 is 0 Å². The lowest BCUT2D eigenvalue weighted by Crippen LogP contribution is -2.33. The van der Waals surface area contributed by atoms with Crippen LogP contribution in [0.1, 0.15) is 17.7 Å². The molecule has 1 aromatic carbocycles. The zero-order valence-electron chi connectivity index (χ0n) is 14.0. The van der Waals surface area contributed by atoms with Gasteiger partial charge in [0.25, 0.3) is 11.2 Å². The second kappa shape index (κ2) is 6.38. The zero-order valence-corrected chi connectivity index (χ0v) is 14.8. The van der Waals surface area contributed by atoms with Crippen LogP contribution in [0.15, 0.2) is 44.5 Å². The molecular formula is C18H15N3O4S. The summed E-state index contributed by atoms with van der Waals surface area (Å²) in [5, 5.41) is 11.3. The second-order valence-corrected chi connectivity index (χ2v) is 7.07. The van der Waals surface area contributed by atoms with Crippen LogP contribution < -0.4 is 14.9 Å². The molecule has 0 fully saturated rings. The van der Waals surface area contributed by atoms with Crippen LogP contribution in [0.3, 0.4) is 0 Å². The normalized spacial score (nSPS) is 14.1. The molecule has 8 heteroatoms. The molecule has 0 N–H and O–H groups in total. The molecule has 7 nitrogen and oxygen atoms in total. The van der Waals surface area contributed by atoms with Crippen LogP contribution in [-0.2, 0) is 6.54 Å².